The molecule has 1 aromatic carbocycles. The quantitative estimate of drug-likeness (QED) is 0.668. The van der Waals surface area contributed by atoms with E-state index in [0.29, 0.717) is 6.42 Å². The van der Waals surface area contributed by atoms with Gasteiger partial charge in [-0.05, 0) is 87.8 Å². The van der Waals surface area contributed by atoms with Crippen LogP contribution in [-0.2, 0) is 41.5 Å². The minimum Gasteiger partial charge on any atom is -0.351 e. The van der Waals surface area contributed by atoms with Crippen molar-refractivity contribution >= 4 is 28.6 Å². The van der Waals surface area contributed by atoms with Crippen molar-refractivity contribution in [1.82, 2.24) is 9.62 Å². The number of benzene rings is 1. The molecule has 1 unspecified atom stereocenters. The number of primary amides is 1. The van der Waals surface area contributed by atoms with E-state index in [0.717, 1.165) is 44.3 Å². The smallest absolute Gasteiger partial charge is 0.316 e. The average molecular weight is 409 g/mol. The number of fused-ring (bicyclic) bond motifs is 2. The highest BCUT2D eigenvalue weighted by Crippen LogP contribution is 2.38. The summed E-state index contributed by atoms with van der Waals surface area (Å²) in [7, 11) is 2.69. The molecule has 1 aromatic rings. The molecule has 0 heterocycles. The first-order valence-electron chi connectivity index (χ1n) is 9.78. The molecule has 0 saturated carbocycles. The van der Waals surface area contributed by atoms with Gasteiger partial charge in [-0.2, -0.15) is 0 Å². The van der Waals surface area contributed by atoms with Crippen LogP contribution in [0.5, 0.6) is 0 Å². The molecule has 0 bridgehead atoms. The standard InChI is InChI=1S/C13H16N2O.C7H16N2O2S/c14-13(16)15-12-10-5-1-3-8(10)7-9-4-2-6-11(9)12;1-9(2)6-4-5-7(10)8-12(3)11/h7H,1-6H2,(H3,14,15,16);4-6H2,1-3H3,(H,8,10). The Labute approximate surface area is 170 Å². The van der Waals surface area contributed by atoms with Crippen LogP contribution in [-0.4, -0.2) is 47.9 Å². The summed E-state index contributed by atoms with van der Waals surface area (Å²) in [6.45, 7) is 0.879. The summed E-state index contributed by atoms with van der Waals surface area (Å²) >= 11 is 0. The molecule has 156 valence electrons. The molecule has 28 heavy (non-hydrogen) atoms. The Morgan fingerprint density at radius 2 is 1.68 bits per heavy atom. The van der Waals surface area contributed by atoms with Gasteiger partial charge < -0.3 is 16.0 Å². The molecule has 0 fully saturated rings. The van der Waals surface area contributed by atoms with Crippen molar-refractivity contribution in [2.24, 2.45) is 5.73 Å². The Balaban J connectivity index is 0.000000211. The molecule has 3 rings (SSSR count). The first-order chi connectivity index (χ1) is 13.3. The van der Waals surface area contributed by atoms with Crippen LogP contribution in [0.1, 0.15) is 47.9 Å². The van der Waals surface area contributed by atoms with Crippen molar-refractivity contribution in [2.45, 2.75) is 51.4 Å². The van der Waals surface area contributed by atoms with E-state index >= 15 is 0 Å². The van der Waals surface area contributed by atoms with Gasteiger partial charge in [0, 0.05) is 18.4 Å². The van der Waals surface area contributed by atoms with Gasteiger partial charge in [-0.15, -0.1) is 0 Å². The van der Waals surface area contributed by atoms with Crippen LogP contribution in [0.25, 0.3) is 0 Å². The number of amides is 3. The molecule has 2 aliphatic carbocycles. The number of nitrogens with one attached hydrogen (secondary N) is 2. The molecule has 0 aliphatic heterocycles. The maximum Gasteiger partial charge on any atom is 0.316 e. The van der Waals surface area contributed by atoms with Gasteiger partial charge in [0.25, 0.3) is 0 Å². The van der Waals surface area contributed by atoms with Crippen LogP contribution in [0.2, 0.25) is 0 Å². The van der Waals surface area contributed by atoms with Gasteiger partial charge in [-0.3, -0.25) is 9.52 Å². The van der Waals surface area contributed by atoms with Gasteiger partial charge in [-0.1, -0.05) is 6.07 Å². The first kappa shape index (κ1) is 22.4. The van der Waals surface area contributed by atoms with Gasteiger partial charge in [0.05, 0.1) is 0 Å². The first-order valence-corrected chi connectivity index (χ1v) is 11.3. The highest BCUT2D eigenvalue weighted by atomic mass is 32.2. The second kappa shape index (κ2) is 10.6. The van der Waals surface area contributed by atoms with E-state index in [-0.39, 0.29) is 5.91 Å². The number of rotatable bonds is 6. The maximum absolute atomic E-state index is 11.1. The Morgan fingerprint density at radius 3 is 2.14 bits per heavy atom. The molecular formula is C20H32N4O3S. The van der Waals surface area contributed by atoms with Crippen LogP contribution < -0.4 is 15.8 Å². The molecule has 0 spiro atoms. The summed E-state index contributed by atoms with van der Waals surface area (Å²) in [4.78, 5) is 24.0. The maximum atomic E-state index is 11.1. The fourth-order valence-electron chi connectivity index (χ4n) is 3.86. The van der Waals surface area contributed by atoms with Crippen molar-refractivity contribution in [2.75, 3.05) is 32.2 Å². The topological polar surface area (TPSA) is 105 Å². The monoisotopic (exact) mass is 408 g/mol. The van der Waals surface area contributed by atoms with Crippen molar-refractivity contribution < 1.29 is 13.8 Å². The zero-order valence-corrected chi connectivity index (χ0v) is 17.9. The Morgan fingerprint density at radius 1 is 1.11 bits per heavy atom. The summed E-state index contributed by atoms with van der Waals surface area (Å²) < 4.78 is 12.9. The molecule has 4 N–H and O–H groups in total. The van der Waals surface area contributed by atoms with Crippen LogP contribution in [0.4, 0.5) is 10.5 Å². The molecule has 0 radical (unpaired) electrons. The predicted octanol–water partition coefficient (Wildman–Crippen LogP) is 1.89. The fourth-order valence-corrected chi connectivity index (χ4v) is 4.28. The van der Waals surface area contributed by atoms with E-state index in [1.54, 1.807) is 0 Å². The molecular weight excluding hydrogens is 376 g/mol. The summed E-state index contributed by atoms with van der Waals surface area (Å²) in [5, 5.41) is 2.84. The molecule has 1 atom stereocenters. The van der Waals surface area contributed by atoms with E-state index in [4.69, 9.17) is 5.73 Å². The number of urea groups is 1. The molecule has 8 heteroatoms. The Hall–Kier alpha value is -1.93. The normalized spacial score (nSPS) is 15.3. The molecule has 0 saturated heterocycles. The Bertz CT molecular complexity index is 717. The summed E-state index contributed by atoms with van der Waals surface area (Å²) in [6.07, 6.45) is 9.55. The number of carbonyl (C=O) groups is 2. The third-order valence-electron chi connectivity index (χ3n) is 4.99. The number of carbonyl (C=O) groups excluding carboxylic acids is 2. The number of hydrogen-bond donors (Lipinski definition) is 3. The summed E-state index contributed by atoms with van der Waals surface area (Å²) in [6, 6.07) is 1.91. The van der Waals surface area contributed by atoms with E-state index in [1.807, 2.05) is 19.0 Å². The third kappa shape index (κ3) is 6.60. The van der Waals surface area contributed by atoms with E-state index in [2.05, 4.69) is 16.1 Å². The highest BCUT2D eigenvalue weighted by Gasteiger charge is 2.24. The Kier molecular flexibility index (Phi) is 8.44. The minimum absolute atomic E-state index is 0.141. The lowest BCUT2D eigenvalue weighted by molar-refractivity contribution is -0.119. The lowest BCUT2D eigenvalue weighted by Crippen LogP contribution is -2.25. The second-order valence-corrected chi connectivity index (χ2v) is 8.72. The molecule has 0 aromatic heterocycles. The van der Waals surface area contributed by atoms with Gasteiger partial charge in [0.2, 0.25) is 5.91 Å². The predicted molar refractivity (Wildman–Crippen MR) is 114 cm³/mol. The number of anilines is 1. The molecule has 3 amide bonds. The summed E-state index contributed by atoms with van der Waals surface area (Å²) in [5.41, 5.74) is 11.8. The summed E-state index contributed by atoms with van der Waals surface area (Å²) in [5.74, 6) is -0.141. The molecule has 7 nitrogen and oxygen atoms in total. The lowest BCUT2D eigenvalue weighted by atomic mass is 9.99. The van der Waals surface area contributed by atoms with Gasteiger partial charge >= 0.3 is 6.03 Å². The largest absolute Gasteiger partial charge is 0.351 e. The molecule has 2 aliphatic rings. The number of hydrogen-bond acceptors (Lipinski definition) is 4. The van der Waals surface area contributed by atoms with Crippen LogP contribution in [0.3, 0.4) is 0 Å². The van der Waals surface area contributed by atoms with Gasteiger partial charge in [-0.25, -0.2) is 9.00 Å². The van der Waals surface area contributed by atoms with Crippen LogP contribution in [0.15, 0.2) is 6.07 Å². The van der Waals surface area contributed by atoms with Crippen molar-refractivity contribution in [3.8, 4) is 0 Å². The van der Waals surface area contributed by atoms with Gasteiger partial charge in [0.1, 0.15) is 11.0 Å². The van der Waals surface area contributed by atoms with Crippen molar-refractivity contribution in [3.05, 3.63) is 28.3 Å². The highest BCUT2D eigenvalue weighted by molar-refractivity contribution is 7.82. The van der Waals surface area contributed by atoms with Crippen molar-refractivity contribution in [1.29, 1.82) is 0 Å². The van der Waals surface area contributed by atoms with E-state index in [9.17, 15) is 13.8 Å². The average Bonchev–Trinajstić information content (AvgIpc) is 3.22. The van der Waals surface area contributed by atoms with E-state index in [1.165, 1.54) is 41.4 Å². The number of nitrogens with two attached hydrogens (primary N) is 1. The second-order valence-electron chi connectivity index (χ2n) is 7.61. The minimum atomic E-state index is -1.22. The fraction of sp³-hybridized carbons (Fsp3) is 0.600. The number of aryl methyl sites for hydroxylation is 2. The van der Waals surface area contributed by atoms with Crippen LogP contribution in [0, 0.1) is 0 Å². The zero-order valence-electron chi connectivity index (χ0n) is 17.1. The lowest BCUT2D eigenvalue weighted by Gasteiger charge is -2.14. The number of nitrogens with zero attached hydrogens (tertiary/aromatic N) is 1. The van der Waals surface area contributed by atoms with E-state index < -0.39 is 17.0 Å². The van der Waals surface area contributed by atoms with Crippen LogP contribution >= 0.6 is 0 Å². The van der Waals surface area contributed by atoms with Crippen molar-refractivity contribution in [3.63, 3.8) is 0 Å². The zero-order chi connectivity index (χ0) is 20.7. The van der Waals surface area contributed by atoms with Gasteiger partial charge in [0.15, 0.2) is 0 Å². The third-order valence-corrected chi connectivity index (χ3v) is 5.50. The SMILES string of the molecule is CN(C)CCCC(=O)NS(C)=O.NC(=O)Nc1c2c(cc3c1CCC3)CCC2.